The molecule has 1 aliphatic heterocycles. The Labute approximate surface area is 241 Å². The van der Waals surface area contributed by atoms with Gasteiger partial charge in [-0.2, -0.15) is 5.26 Å². The molecule has 0 amide bonds. The smallest absolute Gasteiger partial charge is 0.329 e. The van der Waals surface area contributed by atoms with Crippen molar-refractivity contribution in [2.24, 2.45) is 0 Å². The molecule has 3 aromatic rings. The van der Waals surface area contributed by atoms with E-state index in [1.807, 2.05) is 10.9 Å². The molecule has 0 aliphatic carbocycles. The number of hydrogen-bond acceptors (Lipinski definition) is 10. The van der Waals surface area contributed by atoms with E-state index in [2.05, 4.69) is 72.3 Å². The fraction of sp³-hybridized carbons (Fsp3) is 0.407. The fourth-order valence-electron chi connectivity index (χ4n) is 4.35. The van der Waals surface area contributed by atoms with Crippen molar-refractivity contribution in [3.63, 3.8) is 0 Å². The highest BCUT2D eigenvalue weighted by molar-refractivity contribution is 6.74. The van der Waals surface area contributed by atoms with E-state index in [1.165, 1.54) is 14.5 Å². The first-order chi connectivity index (χ1) is 18.8. The van der Waals surface area contributed by atoms with Gasteiger partial charge in [-0.3, -0.25) is 0 Å². The van der Waals surface area contributed by atoms with Crippen molar-refractivity contribution < 1.29 is 14.0 Å². The monoisotopic (exact) mass is 576 g/mol. The Morgan fingerprint density at radius 2 is 2.05 bits per heavy atom. The van der Waals surface area contributed by atoms with Crippen molar-refractivity contribution in [3.05, 3.63) is 46.7 Å². The molecule has 13 heteroatoms. The molecule has 4 rings (SSSR count). The Bertz CT molecular complexity index is 1480. The molecule has 3 heterocycles. The molecule has 1 atom stereocenters. The molecular formula is C27H32BClN7O3Si. The number of carbonyl (C=O) groups is 1. The molecule has 1 aromatic carbocycles. The van der Waals surface area contributed by atoms with Crippen LogP contribution < -0.4 is 14.9 Å². The first kappa shape index (κ1) is 29.5. The minimum Gasteiger partial charge on any atom is -0.478 e. The van der Waals surface area contributed by atoms with Gasteiger partial charge >= 0.3 is 7.41 Å². The van der Waals surface area contributed by atoms with Crippen molar-refractivity contribution in [3.8, 4) is 23.2 Å². The zero-order valence-corrected chi connectivity index (χ0v) is 25.5. The van der Waals surface area contributed by atoms with Crippen LogP contribution in [-0.4, -0.2) is 62.3 Å². The summed E-state index contributed by atoms with van der Waals surface area (Å²) in [6.07, 6.45) is 2.37. The second-order valence-electron chi connectivity index (χ2n) is 11.5. The number of hydrogen-bond donors (Lipinski definition) is 1. The van der Waals surface area contributed by atoms with Crippen molar-refractivity contribution in [1.29, 1.82) is 5.26 Å². The molecule has 0 fully saturated rings. The second kappa shape index (κ2) is 11.2. The number of rotatable bonds is 9. The van der Waals surface area contributed by atoms with E-state index < -0.39 is 13.7 Å². The lowest BCUT2D eigenvalue weighted by Gasteiger charge is -2.39. The minimum atomic E-state index is -2.06. The highest BCUT2D eigenvalue weighted by Crippen LogP contribution is 2.46. The fourth-order valence-corrected chi connectivity index (χ4v) is 5.61. The van der Waals surface area contributed by atoms with Gasteiger partial charge in [-0.1, -0.05) is 39.3 Å². The van der Waals surface area contributed by atoms with E-state index in [-0.39, 0.29) is 16.1 Å². The van der Waals surface area contributed by atoms with Crippen molar-refractivity contribution in [1.82, 2.24) is 20.2 Å². The number of methoxy groups -OCH3 is 1. The lowest BCUT2D eigenvalue weighted by atomic mass is 9.83. The Hall–Kier alpha value is -3.53. The number of fused-ring (bicyclic) bond motifs is 1. The molecule has 0 saturated heterocycles. The highest BCUT2D eigenvalue weighted by atomic mass is 35.5. The van der Waals surface area contributed by atoms with Crippen LogP contribution in [0.4, 0.5) is 17.3 Å². The van der Waals surface area contributed by atoms with Gasteiger partial charge in [-0.05, 0) is 41.9 Å². The molecular weight excluding hydrogens is 545 g/mol. The molecule has 1 aliphatic rings. The number of ether oxygens (including phenoxy) is 1. The van der Waals surface area contributed by atoms with Gasteiger partial charge in [-0.15, -0.1) is 10.2 Å². The van der Waals surface area contributed by atoms with E-state index in [1.54, 1.807) is 24.4 Å². The van der Waals surface area contributed by atoms with Gasteiger partial charge in [0.25, 0.3) is 5.88 Å². The summed E-state index contributed by atoms with van der Waals surface area (Å²) in [5, 5.41) is 21.2. The van der Waals surface area contributed by atoms with Crippen LogP contribution in [0.1, 0.15) is 38.8 Å². The largest absolute Gasteiger partial charge is 0.478 e. The lowest BCUT2D eigenvalue weighted by molar-refractivity contribution is 0.219. The standard InChI is InChI=1S/C27H32BClN7O3Si/c1-26(2,3)40(6,7)39-15-27(4)14-36(28-16-37)23-18(13-30)10-17(11-19(23)27)20-8-9-31-25(32-20)33-21-12-22(29)34-35-24(21)38-5/h8-12,16H,14-15H2,1-7H3,(H,31,32,33,34). The normalized spacial score (nSPS) is 16.7. The van der Waals surface area contributed by atoms with Crippen molar-refractivity contribution in [2.75, 3.05) is 30.4 Å². The van der Waals surface area contributed by atoms with Crippen LogP contribution in [0.5, 0.6) is 5.88 Å². The molecule has 0 bridgehead atoms. The summed E-state index contributed by atoms with van der Waals surface area (Å²) >= 11 is 6.02. The van der Waals surface area contributed by atoms with Crippen LogP contribution in [-0.2, 0) is 14.6 Å². The summed E-state index contributed by atoms with van der Waals surface area (Å²) in [4.78, 5) is 22.4. The van der Waals surface area contributed by atoms with Crippen molar-refractivity contribution in [2.45, 2.75) is 51.2 Å². The molecule has 0 saturated carbocycles. The van der Waals surface area contributed by atoms with Gasteiger partial charge in [0.2, 0.25) is 5.95 Å². The number of halogens is 1. The Kier molecular flexibility index (Phi) is 8.21. The second-order valence-corrected chi connectivity index (χ2v) is 16.7. The van der Waals surface area contributed by atoms with Crippen LogP contribution in [0.2, 0.25) is 23.3 Å². The zero-order valence-electron chi connectivity index (χ0n) is 23.7. The number of aromatic nitrogens is 4. The van der Waals surface area contributed by atoms with Crippen LogP contribution in [0.25, 0.3) is 11.3 Å². The maximum atomic E-state index is 11.5. The molecule has 207 valence electrons. The maximum Gasteiger partial charge on any atom is 0.329 e. The highest BCUT2D eigenvalue weighted by Gasteiger charge is 2.44. The third kappa shape index (κ3) is 5.82. The molecule has 0 spiro atoms. The van der Waals surface area contributed by atoms with E-state index >= 15 is 0 Å². The van der Waals surface area contributed by atoms with E-state index in [0.29, 0.717) is 41.7 Å². The van der Waals surface area contributed by atoms with Gasteiger partial charge in [0.15, 0.2) is 13.5 Å². The molecule has 40 heavy (non-hydrogen) atoms. The van der Waals surface area contributed by atoms with E-state index in [4.69, 9.17) is 20.8 Å². The minimum absolute atomic E-state index is 0.0423. The summed E-state index contributed by atoms with van der Waals surface area (Å²) < 4.78 is 11.9. The summed E-state index contributed by atoms with van der Waals surface area (Å²) in [6.45, 7) is 14.1. The average molecular weight is 577 g/mol. The summed E-state index contributed by atoms with van der Waals surface area (Å²) in [7, 11) is 0.896. The topological polar surface area (TPSA) is 126 Å². The Morgan fingerprint density at radius 1 is 1.30 bits per heavy atom. The lowest BCUT2D eigenvalue weighted by Crippen LogP contribution is -2.46. The van der Waals surface area contributed by atoms with Crippen LogP contribution in [0.15, 0.2) is 30.5 Å². The maximum absolute atomic E-state index is 11.5. The van der Waals surface area contributed by atoms with Gasteiger partial charge in [0.1, 0.15) is 17.9 Å². The first-order valence-corrected chi connectivity index (χ1v) is 16.1. The predicted molar refractivity (Wildman–Crippen MR) is 159 cm³/mol. The zero-order chi connectivity index (χ0) is 29.3. The number of nitrogens with one attached hydrogen (secondary N) is 1. The third-order valence-electron chi connectivity index (χ3n) is 7.61. The number of nitrogens with zero attached hydrogens (tertiary/aromatic N) is 6. The first-order valence-electron chi connectivity index (χ1n) is 12.8. The van der Waals surface area contributed by atoms with E-state index in [9.17, 15) is 10.1 Å². The molecule has 1 unspecified atom stereocenters. The summed E-state index contributed by atoms with van der Waals surface area (Å²) in [5.41, 5.74) is 3.43. The van der Waals surface area contributed by atoms with Gasteiger partial charge < -0.3 is 24.1 Å². The van der Waals surface area contributed by atoms with E-state index in [0.717, 1.165) is 17.3 Å². The number of benzene rings is 1. The predicted octanol–water partition coefficient (Wildman–Crippen LogP) is 5.12. The Morgan fingerprint density at radius 3 is 2.70 bits per heavy atom. The SMILES string of the molecule is COc1nnc(Cl)cc1Nc1nccc(-c2cc(C#N)c3c(c2)C(C)(CO[Si](C)(C)C(C)(C)C)CN3[B]C=O)n1. The number of carbonyl (C=O) groups excluding carboxylic acids is 1. The third-order valence-corrected chi connectivity index (χ3v) is 12.3. The average Bonchev–Trinajstić information content (AvgIpc) is 3.19. The molecule has 1 N–H and O–H groups in total. The number of anilines is 3. The summed E-state index contributed by atoms with van der Waals surface area (Å²) in [6, 6.07) is 9.47. The number of nitriles is 1. The quantitative estimate of drug-likeness (QED) is 0.271. The van der Waals surface area contributed by atoms with Gasteiger partial charge in [0, 0.05) is 42.1 Å². The molecule has 10 nitrogen and oxygen atoms in total. The van der Waals surface area contributed by atoms with Crippen LogP contribution in [0, 0.1) is 11.3 Å². The van der Waals surface area contributed by atoms with Gasteiger partial charge in [-0.25, -0.2) is 9.97 Å². The van der Waals surface area contributed by atoms with Crippen LogP contribution in [0.3, 0.4) is 0 Å². The molecule has 1 radical (unpaired) electrons. The van der Waals surface area contributed by atoms with Crippen LogP contribution >= 0.6 is 11.6 Å². The van der Waals surface area contributed by atoms with Crippen molar-refractivity contribution >= 4 is 50.8 Å². The molecule has 2 aromatic heterocycles. The Balaban J connectivity index is 1.76. The summed E-state index contributed by atoms with van der Waals surface area (Å²) in [5.74, 6) is 0.533. The van der Waals surface area contributed by atoms with Gasteiger partial charge in [0.05, 0.1) is 18.4 Å².